The molecular formula is C17H20N2O3. The quantitative estimate of drug-likeness (QED) is 0.912. The van der Waals surface area contributed by atoms with E-state index in [1.54, 1.807) is 24.3 Å². The summed E-state index contributed by atoms with van der Waals surface area (Å²) in [6.07, 6.45) is 1.89. The van der Waals surface area contributed by atoms with E-state index in [-0.39, 0.29) is 18.7 Å². The topological polar surface area (TPSA) is 65.7 Å². The summed E-state index contributed by atoms with van der Waals surface area (Å²) >= 11 is 0. The lowest BCUT2D eigenvalue weighted by Gasteiger charge is -2.23. The molecule has 0 saturated carbocycles. The number of rotatable bonds is 3. The second-order valence-corrected chi connectivity index (χ2v) is 5.59. The molecule has 1 aliphatic rings. The first kappa shape index (κ1) is 14.7. The number of likely N-dealkylation sites (tertiary alicyclic amines) is 1. The molecule has 116 valence electrons. The van der Waals surface area contributed by atoms with Crippen molar-refractivity contribution in [3.8, 4) is 0 Å². The van der Waals surface area contributed by atoms with Crippen LogP contribution < -0.4 is 5.32 Å². The third-order valence-corrected chi connectivity index (χ3v) is 3.99. The van der Waals surface area contributed by atoms with Gasteiger partial charge in [-0.25, -0.2) is 4.79 Å². The zero-order valence-corrected chi connectivity index (χ0v) is 12.6. The lowest BCUT2D eigenvalue weighted by molar-refractivity contribution is 0.199. The summed E-state index contributed by atoms with van der Waals surface area (Å²) in [5.74, 6) is 1.71. The fourth-order valence-corrected chi connectivity index (χ4v) is 2.83. The number of hydrogen-bond acceptors (Lipinski definition) is 3. The van der Waals surface area contributed by atoms with E-state index >= 15 is 0 Å². The van der Waals surface area contributed by atoms with Gasteiger partial charge in [0.2, 0.25) is 0 Å². The van der Waals surface area contributed by atoms with E-state index in [0.717, 1.165) is 42.2 Å². The first-order chi connectivity index (χ1) is 10.7. The Labute approximate surface area is 129 Å². The summed E-state index contributed by atoms with van der Waals surface area (Å²) in [4.78, 5) is 14.3. The molecule has 1 saturated heterocycles. The van der Waals surface area contributed by atoms with E-state index in [4.69, 9.17) is 9.52 Å². The number of nitrogens with zero attached hydrogens (tertiary/aromatic N) is 1. The Morgan fingerprint density at radius 3 is 2.73 bits per heavy atom. The molecule has 2 aromatic rings. The van der Waals surface area contributed by atoms with Gasteiger partial charge >= 0.3 is 6.03 Å². The number of hydrogen-bond donors (Lipinski definition) is 2. The molecule has 2 N–H and O–H groups in total. The summed E-state index contributed by atoms with van der Waals surface area (Å²) < 4.78 is 5.68. The molecule has 2 amide bonds. The van der Waals surface area contributed by atoms with Gasteiger partial charge < -0.3 is 19.7 Å². The number of aliphatic hydroxyl groups excluding tert-OH is 1. The number of carbonyl (C=O) groups excluding carboxylic acids is 1. The molecule has 5 heteroatoms. The Morgan fingerprint density at radius 2 is 2.09 bits per heavy atom. The second-order valence-electron chi connectivity index (χ2n) is 5.59. The highest BCUT2D eigenvalue weighted by Crippen LogP contribution is 2.33. The molecule has 3 rings (SSSR count). The Kier molecular flexibility index (Phi) is 4.15. The van der Waals surface area contributed by atoms with E-state index in [9.17, 15) is 4.79 Å². The predicted octanol–water partition coefficient (Wildman–Crippen LogP) is 3.45. The molecule has 1 unspecified atom stereocenters. The molecule has 0 bridgehead atoms. The highest BCUT2D eigenvalue weighted by Gasteiger charge is 2.32. The Hall–Kier alpha value is -2.27. The van der Waals surface area contributed by atoms with Crippen LogP contribution in [0, 0.1) is 6.92 Å². The van der Waals surface area contributed by atoms with Crippen LogP contribution in [-0.2, 0) is 6.61 Å². The van der Waals surface area contributed by atoms with Crippen LogP contribution in [-0.4, -0.2) is 22.6 Å². The predicted molar refractivity (Wildman–Crippen MR) is 83.5 cm³/mol. The van der Waals surface area contributed by atoms with Gasteiger partial charge in [0.15, 0.2) is 0 Å². The van der Waals surface area contributed by atoms with Gasteiger partial charge in [0.05, 0.1) is 12.6 Å². The van der Waals surface area contributed by atoms with Gasteiger partial charge in [-0.3, -0.25) is 0 Å². The van der Waals surface area contributed by atoms with Crippen molar-refractivity contribution < 1.29 is 14.3 Å². The van der Waals surface area contributed by atoms with Crippen LogP contribution in [0.3, 0.4) is 0 Å². The van der Waals surface area contributed by atoms with E-state index in [1.165, 1.54) is 0 Å². The van der Waals surface area contributed by atoms with Crippen molar-refractivity contribution in [3.05, 3.63) is 53.5 Å². The van der Waals surface area contributed by atoms with Gasteiger partial charge in [0, 0.05) is 12.2 Å². The molecule has 22 heavy (non-hydrogen) atoms. The SMILES string of the molecule is Cc1ccc(C2CCCN2C(=O)Nc2ccc(CO)cc2)o1. The average molecular weight is 300 g/mol. The number of aryl methyl sites for hydroxylation is 1. The van der Waals surface area contributed by atoms with Crippen molar-refractivity contribution in [2.24, 2.45) is 0 Å². The van der Waals surface area contributed by atoms with Gasteiger partial charge in [-0.1, -0.05) is 12.1 Å². The number of benzene rings is 1. The van der Waals surface area contributed by atoms with E-state index in [0.29, 0.717) is 0 Å². The fourth-order valence-electron chi connectivity index (χ4n) is 2.83. The van der Waals surface area contributed by atoms with E-state index in [1.807, 2.05) is 24.0 Å². The van der Waals surface area contributed by atoms with E-state index < -0.39 is 0 Å². The zero-order chi connectivity index (χ0) is 15.5. The highest BCUT2D eigenvalue weighted by molar-refractivity contribution is 5.89. The Bertz CT molecular complexity index is 648. The van der Waals surface area contributed by atoms with Gasteiger partial charge in [-0.15, -0.1) is 0 Å². The largest absolute Gasteiger partial charge is 0.464 e. The molecular weight excluding hydrogens is 280 g/mol. The number of anilines is 1. The number of aliphatic hydroxyl groups is 1. The van der Waals surface area contributed by atoms with Crippen LogP contribution in [0.15, 0.2) is 40.8 Å². The normalized spacial score (nSPS) is 17.7. The maximum Gasteiger partial charge on any atom is 0.322 e. The first-order valence-electron chi connectivity index (χ1n) is 7.51. The minimum atomic E-state index is -0.117. The smallest absolute Gasteiger partial charge is 0.322 e. The van der Waals surface area contributed by atoms with Crippen LogP contribution in [0.2, 0.25) is 0 Å². The average Bonchev–Trinajstić information content (AvgIpc) is 3.16. The summed E-state index contributed by atoms with van der Waals surface area (Å²) in [5.41, 5.74) is 1.55. The number of carbonyl (C=O) groups is 1. The molecule has 2 heterocycles. The van der Waals surface area contributed by atoms with Crippen molar-refractivity contribution in [2.75, 3.05) is 11.9 Å². The maximum atomic E-state index is 12.5. The number of nitrogens with one attached hydrogen (secondary N) is 1. The van der Waals surface area contributed by atoms with E-state index in [2.05, 4.69) is 5.32 Å². The molecule has 1 aromatic heterocycles. The Morgan fingerprint density at radius 1 is 1.32 bits per heavy atom. The molecule has 0 aliphatic carbocycles. The Balaban J connectivity index is 1.70. The summed E-state index contributed by atoms with van der Waals surface area (Å²) in [6.45, 7) is 2.64. The number of urea groups is 1. The number of furan rings is 1. The van der Waals surface area contributed by atoms with Crippen LogP contribution >= 0.6 is 0 Å². The van der Waals surface area contributed by atoms with Crippen LogP contribution in [0.1, 0.15) is 36.0 Å². The van der Waals surface area contributed by atoms with Crippen molar-refractivity contribution in [1.29, 1.82) is 0 Å². The maximum absolute atomic E-state index is 12.5. The monoisotopic (exact) mass is 300 g/mol. The molecule has 5 nitrogen and oxygen atoms in total. The van der Waals surface area contributed by atoms with Crippen LogP contribution in [0.25, 0.3) is 0 Å². The first-order valence-corrected chi connectivity index (χ1v) is 7.51. The summed E-state index contributed by atoms with van der Waals surface area (Å²) in [6, 6.07) is 11.0. The van der Waals surface area contributed by atoms with Gasteiger partial charge in [-0.2, -0.15) is 0 Å². The third kappa shape index (κ3) is 2.99. The molecule has 1 atom stereocenters. The number of amides is 2. The second kappa shape index (κ2) is 6.23. The van der Waals surface area contributed by atoms with Crippen LogP contribution in [0.5, 0.6) is 0 Å². The molecule has 1 fully saturated rings. The zero-order valence-electron chi connectivity index (χ0n) is 12.6. The minimum absolute atomic E-state index is 0.000268. The molecule has 1 aliphatic heterocycles. The standard InChI is InChI=1S/C17H20N2O3/c1-12-4-9-16(22-12)15-3-2-10-19(15)17(21)18-14-7-5-13(11-20)6-8-14/h4-9,15,20H,2-3,10-11H2,1H3,(H,18,21). The van der Waals surface area contributed by atoms with Crippen molar-refractivity contribution in [1.82, 2.24) is 4.90 Å². The van der Waals surface area contributed by atoms with Crippen molar-refractivity contribution in [2.45, 2.75) is 32.4 Å². The van der Waals surface area contributed by atoms with Gasteiger partial charge in [-0.05, 0) is 49.6 Å². The fraction of sp³-hybridized carbons (Fsp3) is 0.353. The minimum Gasteiger partial charge on any atom is -0.464 e. The molecule has 1 aromatic carbocycles. The van der Waals surface area contributed by atoms with Gasteiger partial charge in [0.1, 0.15) is 11.5 Å². The summed E-state index contributed by atoms with van der Waals surface area (Å²) in [5, 5.41) is 11.9. The lowest BCUT2D eigenvalue weighted by atomic mass is 10.2. The van der Waals surface area contributed by atoms with Gasteiger partial charge in [0.25, 0.3) is 0 Å². The van der Waals surface area contributed by atoms with Crippen molar-refractivity contribution >= 4 is 11.7 Å². The molecule has 0 radical (unpaired) electrons. The van der Waals surface area contributed by atoms with Crippen molar-refractivity contribution in [3.63, 3.8) is 0 Å². The summed E-state index contributed by atoms with van der Waals surface area (Å²) in [7, 11) is 0. The highest BCUT2D eigenvalue weighted by atomic mass is 16.3. The molecule has 0 spiro atoms. The third-order valence-electron chi connectivity index (χ3n) is 3.99. The lowest BCUT2D eigenvalue weighted by Crippen LogP contribution is -2.34. The van der Waals surface area contributed by atoms with Crippen LogP contribution in [0.4, 0.5) is 10.5 Å².